The van der Waals surface area contributed by atoms with Crippen LogP contribution in [-0.2, 0) is 14.8 Å². The van der Waals surface area contributed by atoms with Crippen molar-refractivity contribution in [2.75, 3.05) is 16.2 Å². The third-order valence-electron chi connectivity index (χ3n) is 5.56. The Morgan fingerprint density at radius 2 is 1.66 bits per heavy atom. The van der Waals surface area contributed by atoms with Crippen molar-refractivity contribution in [1.82, 2.24) is 0 Å². The fraction of sp³-hybridized carbons (Fsp3) is 0.435. The number of rotatable bonds is 8. The number of benzene rings is 2. The van der Waals surface area contributed by atoms with Crippen molar-refractivity contribution < 1.29 is 13.2 Å². The van der Waals surface area contributed by atoms with Gasteiger partial charge in [-0.15, -0.1) is 0 Å². The molecule has 0 aliphatic heterocycles. The van der Waals surface area contributed by atoms with Gasteiger partial charge in [0.25, 0.3) is 10.0 Å². The average Bonchev–Trinajstić information content (AvgIpc) is 2.74. The summed E-state index contributed by atoms with van der Waals surface area (Å²) in [6.07, 6.45) is 7.48. The molecule has 1 aliphatic carbocycles. The topological polar surface area (TPSA) is 66.5 Å². The largest absolute Gasteiger partial charge is 0.325 e. The van der Waals surface area contributed by atoms with E-state index in [9.17, 15) is 13.2 Å². The van der Waals surface area contributed by atoms with E-state index in [4.69, 9.17) is 0 Å². The van der Waals surface area contributed by atoms with Gasteiger partial charge in [0.2, 0.25) is 5.91 Å². The van der Waals surface area contributed by atoms with Crippen LogP contribution in [0.2, 0.25) is 0 Å². The zero-order valence-corrected chi connectivity index (χ0v) is 17.8. The van der Waals surface area contributed by atoms with E-state index in [0.717, 1.165) is 6.42 Å². The highest BCUT2D eigenvalue weighted by atomic mass is 32.2. The summed E-state index contributed by atoms with van der Waals surface area (Å²) in [7, 11) is -3.80. The molecule has 6 heteroatoms. The first-order valence-electron chi connectivity index (χ1n) is 10.5. The Labute approximate surface area is 174 Å². The second-order valence-electron chi connectivity index (χ2n) is 7.59. The number of para-hydroxylation sites is 2. The van der Waals surface area contributed by atoms with Crippen molar-refractivity contribution in [3.8, 4) is 0 Å². The summed E-state index contributed by atoms with van der Waals surface area (Å²) in [4.78, 5) is 12.6. The number of carbonyl (C=O) groups is 1. The summed E-state index contributed by atoms with van der Waals surface area (Å²) in [5, 5.41) is 2.84. The van der Waals surface area contributed by atoms with Gasteiger partial charge >= 0.3 is 0 Å². The summed E-state index contributed by atoms with van der Waals surface area (Å²) >= 11 is 0. The van der Waals surface area contributed by atoms with Gasteiger partial charge in [0.15, 0.2) is 0 Å². The first kappa shape index (κ1) is 21.4. The fourth-order valence-electron chi connectivity index (χ4n) is 4.02. The van der Waals surface area contributed by atoms with Crippen LogP contribution in [0.1, 0.15) is 51.9 Å². The predicted molar refractivity (Wildman–Crippen MR) is 118 cm³/mol. The monoisotopic (exact) mass is 414 g/mol. The summed E-state index contributed by atoms with van der Waals surface area (Å²) < 4.78 is 28.1. The van der Waals surface area contributed by atoms with Crippen molar-refractivity contribution in [2.45, 2.75) is 56.8 Å². The molecule has 0 bridgehead atoms. The van der Waals surface area contributed by atoms with E-state index in [2.05, 4.69) is 5.32 Å². The second kappa shape index (κ2) is 9.92. The number of carbonyl (C=O) groups excluding carboxylic acids is 1. The highest BCUT2D eigenvalue weighted by Gasteiger charge is 2.27. The molecule has 0 atom stereocenters. The Morgan fingerprint density at radius 1 is 1.00 bits per heavy atom. The van der Waals surface area contributed by atoms with E-state index in [-0.39, 0.29) is 10.8 Å². The van der Waals surface area contributed by atoms with E-state index in [1.807, 2.05) is 18.2 Å². The van der Waals surface area contributed by atoms with Gasteiger partial charge in [0.1, 0.15) is 4.90 Å². The Kier molecular flexibility index (Phi) is 7.31. The summed E-state index contributed by atoms with van der Waals surface area (Å²) in [6.45, 7) is 2.10. The zero-order valence-electron chi connectivity index (χ0n) is 17.0. The second-order valence-corrected chi connectivity index (χ2v) is 9.42. The molecular weight excluding hydrogens is 384 g/mol. The minimum absolute atomic E-state index is 0.122. The molecule has 1 fully saturated rings. The molecule has 2 aromatic rings. The SMILES string of the molecule is CCN(c1ccccc1)S(=O)(=O)c1ccccc1NC(=O)CCC1CCCCC1. The molecule has 0 heterocycles. The quantitative estimate of drug-likeness (QED) is 0.645. The zero-order chi connectivity index (χ0) is 20.7. The molecule has 156 valence electrons. The number of hydrogen-bond donors (Lipinski definition) is 1. The first-order chi connectivity index (χ1) is 14.0. The maximum Gasteiger partial charge on any atom is 0.266 e. The van der Waals surface area contributed by atoms with Crippen LogP contribution in [0.15, 0.2) is 59.5 Å². The number of nitrogens with one attached hydrogen (secondary N) is 1. The van der Waals surface area contributed by atoms with Gasteiger partial charge in [0, 0.05) is 13.0 Å². The van der Waals surface area contributed by atoms with E-state index in [0.29, 0.717) is 30.3 Å². The normalized spacial score (nSPS) is 15.1. The van der Waals surface area contributed by atoms with Crippen LogP contribution >= 0.6 is 0 Å². The molecule has 0 saturated heterocycles. The summed E-state index contributed by atoms with van der Waals surface area (Å²) in [6, 6.07) is 15.7. The molecule has 0 aromatic heterocycles. The summed E-state index contributed by atoms with van der Waals surface area (Å²) in [5.74, 6) is 0.489. The van der Waals surface area contributed by atoms with Gasteiger partial charge in [-0.3, -0.25) is 9.10 Å². The van der Waals surface area contributed by atoms with Crippen LogP contribution in [0.25, 0.3) is 0 Å². The number of hydrogen-bond acceptors (Lipinski definition) is 3. The standard InChI is InChI=1S/C23H30N2O3S/c1-2-25(20-13-7-4-8-14-20)29(27,28)22-16-10-9-15-21(22)24-23(26)18-17-19-11-5-3-6-12-19/h4,7-10,13-16,19H,2-3,5-6,11-12,17-18H2,1H3,(H,24,26). The van der Waals surface area contributed by atoms with Crippen molar-refractivity contribution in [1.29, 1.82) is 0 Å². The lowest BCUT2D eigenvalue weighted by molar-refractivity contribution is -0.116. The number of amides is 1. The third kappa shape index (κ3) is 5.38. The van der Waals surface area contributed by atoms with Crippen LogP contribution in [0.5, 0.6) is 0 Å². The van der Waals surface area contributed by atoms with Gasteiger partial charge in [-0.25, -0.2) is 8.42 Å². The van der Waals surface area contributed by atoms with Gasteiger partial charge in [-0.2, -0.15) is 0 Å². The molecule has 1 saturated carbocycles. The van der Waals surface area contributed by atoms with Gasteiger partial charge in [0.05, 0.1) is 11.4 Å². The molecule has 5 nitrogen and oxygen atoms in total. The minimum Gasteiger partial charge on any atom is -0.325 e. The molecule has 0 unspecified atom stereocenters. The third-order valence-corrected chi connectivity index (χ3v) is 7.53. The molecule has 2 aromatic carbocycles. The highest BCUT2D eigenvalue weighted by Crippen LogP contribution is 2.30. The van der Waals surface area contributed by atoms with Crippen LogP contribution in [0.3, 0.4) is 0 Å². The van der Waals surface area contributed by atoms with Crippen LogP contribution in [0, 0.1) is 5.92 Å². The molecular formula is C23H30N2O3S. The average molecular weight is 415 g/mol. The predicted octanol–water partition coefficient (Wildman–Crippen LogP) is 5.20. The maximum absolute atomic E-state index is 13.3. The minimum atomic E-state index is -3.80. The molecule has 1 amide bonds. The first-order valence-corrected chi connectivity index (χ1v) is 11.9. The number of nitrogens with zero attached hydrogens (tertiary/aromatic N) is 1. The highest BCUT2D eigenvalue weighted by molar-refractivity contribution is 7.93. The van der Waals surface area contributed by atoms with Crippen molar-refractivity contribution in [3.63, 3.8) is 0 Å². The Hall–Kier alpha value is -2.34. The van der Waals surface area contributed by atoms with Crippen molar-refractivity contribution >= 4 is 27.3 Å². The van der Waals surface area contributed by atoms with E-state index >= 15 is 0 Å². The molecule has 3 rings (SSSR count). The fourth-order valence-corrected chi connectivity index (χ4v) is 5.65. The maximum atomic E-state index is 13.3. The van der Waals surface area contributed by atoms with E-state index in [1.54, 1.807) is 43.3 Å². The Bertz CT molecular complexity index is 907. The molecule has 0 spiro atoms. The Balaban J connectivity index is 1.76. The van der Waals surface area contributed by atoms with Crippen molar-refractivity contribution in [2.24, 2.45) is 5.92 Å². The molecule has 0 radical (unpaired) electrons. The molecule has 1 aliphatic rings. The molecule has 29 heavy (non-hydrogen) atoms. The van der Waals surface area contributed by atoms with Gasteiger partial charge in [-0.1, -0.05) is 62.4 Å². The lowest BCUT2D eigenvalue weighted by atomic mass is 9.86. The smallest absolute Gasteiger partial charge is 0.266 e. The van der Waals surface area contributed by atoms with Crippen LogP contribution < -0.4 is 9.62 Å². The Morgan fingerprint density at radius 3 is 2.34 bits per heavy atom. The van der Waals surface area contributed by atoms with Gasteiger partial charge < -0.3 is 5.32 Å². The van der Waals surface area contributed by atoms with Crippen LogP contribution in [-0.4, -0.2) is 20.9 Å². The van der Waals surface area contributed by atoms with E-state index < -0.39 is 10.0 Å². The summed E-state index contributed by atoms with van der Waals surface area (Å²) in [5.41, 5.74) is 0.948. The van der Waals surface area contributed by atoms with Crippen molar-refractivity contribution in [3.05, 3.63) is 54.6 Å². The lowest BCUT2D eigenvalue weighted by Gasteiger charge is -2.24. The molecule has 1 N–H and O–H groups in total. The van der Waals surface area contributed by atoms with E-state index in [1.165, 1.54) is 36.4 Å². The number of anilines is 2. The number of sulfonamides is 1. The van der Waals surface area contributed by atoms with Gasteiger partial charge in [-0.05, 0) is 43.5 Å². The van der Waals surface area contributed by atoms with Crippen LogP contribution in [0.4, 0.5) is 11.4 Å². The lowest BCUT2D eigenvalue weighted by Crippen LogP contribution is -2.31.